The molecule has 1 aliphatic carbocycles. The van der Waals surface area contributed by atoms with E-state index in [0.29, 0.717) is 17.8 Å². The lowest BCUT2D eigenvalue weighted by molar-refractivity contribution is 0.659. The van der Waals surface area contributed by atoms with Crippen molar-refractivity contribution in [3.8, 4) is 33.4 Å². The van der Waals surface area contributed by atoms with E-state index in [0.717, 1.165) is 0 Å². The Morgan fingerprint density at radius 2 is 1.13 bits per heavy atom. The van der Waals surface area contributed by atoms with Crippen LogP contribution in [0.5, 0.6) is 0 Å². The average Bonchev–Trinajstić information content (AvgIpc) is 3.36. The van der Waals surface area contributed by atoms with Crippen molar-refractivity contribution < 1.29 is 0 Å². The molecule has 0 saturated heterocycles. The van der Waals surface area contributed by atoms with Crippen LogP contribution in [0.15, 0.2) is 107 Å². The Bertz CT molecular complexity index is 2590. The first kappa shape index (κ1) is 31.2. The third kappa shape index (κ3) is 3.84. The average molecular weight is 688 g/mol. The second-order valence-corrected chi connectivity index (χ2v) is 18.5. The molecule has 0 atom stereocenters. The fourth-order valence-corrected chi connectivity index (χ4v) is 11.6. The Labute approximate surface area is 314 Å². The van der Waals surface area contributed by atoms with E-state index in [2.05, 4.69) is 157 Å². The number of hydrogen-bond donors (Lipinski definition) is 0. The van der Waals surface area contributed by atoms with E-state index in [9.17, 15) is 0 Å². The Hall–Kier alpha value is -4.40. The van der Waals surface area contributed by atoms with E-state index >= 15 is 0 Å². The van der Waals surface area contributed by atoms with Crippen LogP contribution in [0.2, 0.25) is 0 Å². The van der Waals surface area contributed by atoms with Crippen LogP contribution in [0.1, 0.15) is 101 Å². The van der Waals surface area contributed by atoms with E-state index in [4.69, 9.17) is 0 Å². The molecule has 0 radical (unpaired) electrons. The second-order valence-electron chi connectivity index (χ2n) is 17.5. The van der Waals surface area contributed by atoms with Crippen LogP contribution in [0.25, 0.3) is 33.4 Å². The van der Waals surface area contributed by atoms with Crippen LogP contribution in [0, 0.1) is 0 Å². The molecular formula is C48H43B2NS. The third-order valence-electron chi connectivity index (χ3n) is 13.2. The highest BCUT2D eigenvalue weighted by atomic mass is 32.2. The predicted molar refractivity (Wildman–Crippen MR) is 226 cm³/mol. The number of anilines is 2. The van der Waals surface area contributed by atoms with Gasteiger partial charge in [0.05, 0.1) is 0 Å². The molecule has 4 heterocycles. The van der Waals surface area contributed by atoms with Crippen LogP contribution in [0.3, 0.4) is 0 Å². The summed E-state index contributed by atoms with van der Waals surface area (Å²) < 4.78 is 0. The highest BCUT2D eigenvalue weighted by Gasteiger charge is 2.52. The van der Waals surface area contributed by atoms with Crippen molar-refractivity contribution in [2.45, 2.75) is 88.3 Å². The molecule has 0 amide bonds. The van der Waals surface area contributed by atoms with Gasteiger partial charge in [0, 0.05) is 37.7 Å². The van der Waals surface area contributed by atoms with Gasteiger partial charge in [0.15, 0.2) is 0 Å². The summed E-state index contributed by atoms with van der Waals surface area (Å²) in [5, 5.41) is 0. The minimum absolute atomic E-state index is 0.0257. The molecule has 0 bridgehead atoms. The highest BCUT2D eigenvalue weighted by molar-refractivity contribution is 8.00. The molecule has 5 aliphatic rings. The maximum atomic E-state index is 2.82. The van der Waals surface area contributed by atoms with Gasteiger partial charge in [-0.3, -0.25) is 0 Å². The van der Waals surface area contributed by atoms with Gasteiger partial charge in [-0.15, -0.1) is 0 Å². The molecule has 252 valence electrons. The quantitative estimate of drug-likeness (QED) is 0.170. The molecule has 0 aromatic heterocycles. The Morgan fingerprint density at radius 3 is 1.83 bits per heavy atom. The van der Waals surface area contributed by atoms with Gasteiger partial charge in [0.1, 0.15) is 0 Å². The number of nitrogens with zero attached hydrogens (tertiary/aromatic N) is 1. The van der Waals surface area contributed by atoms with Crippen molar-refractivity contribution in [1.82, 2.24) is 0 Å². The zero-order chi connectivity index (χ0) is 35.5. The van der Waals surface area contributed by atoms with Crippen molar-refractivity contribution >= 4 is 64.0 Å². The van der Waals surface area contributed by atoms with Gasteiger partial charge < -0.3 is 4.81 Å². The van der Waals surface area contributed by atoms with Crippen molar-refractivity contribution in [2.24, 2.45) is 0 Å². The number of benzene rings is 6. The van der Waals surface area contributed by atoms with Crippen molar-refractivity contribution in [3.63, 3.8) is 0 Å². The molecule has 4 heteroatoms. The SMILES string of the molecule is CC(C)c1ccc2c(c1)B1c3cc(C(C)C)ccc3-c3ccc4c5c3N1c1c(cc(C(C)C)cc1-2)B5c1cc2c(cc1S4)C(C)(C)c1ccccc1-2. The van der Waals surface area contributed by atoms with Gasteiger partial charge in [-0.2, -0.15) is 0 Å². The number of fused-ring (bicyclic) bond motifs is 12. The van der Waals surface area contributed by atoms with E-state index < -0.39 is 0 Å². The molecule has 0 fully saturated rings. The second kappa shape index (κ2) is 10.4. The van der Waals surface area contributed by atoms with Crippen molar-refractivity contribution in [3.05, 3.63) is 125 Å². The third-order valence-corrected chi connectivity index (χ3v) is 14.4. The first-order chi connectivity index (χ1) is 25.0. The molecule has 6 aromatic rings. The zero-order valence-corrected chi connectivity index (χ0v) is 32.3. The lowest BCUT2D eigenvalue weighted by Crippen LogP contribution is -2.69. The summed E-state index contributed by atoms with van der Waals surface area (Å²) in [4.78, 5) is 5.64. The summed E-state index contributed by atoms with van der Waals surface area (Å²) in [6.07, 6.45) is 0. The number of hydrogen-bond acceptors (Lipinski definition) is 2. The molecule has 52 heavy (non-hydrogen) atoms. The van der Waals surface area contributed by atoms with E-state index in [1.807, 2.05) is 11.8 Å². The van der Waals surface area contributed by atoms with Gasteiger partial charge in [-0.25, -0.2) is 0 Å². The normalized spacial score (nSPS) is 15.8. The van der Waals surface area contributed by atoms with Gasteiger partial charge in [-0.05, 0) is 108 Å². The van der Waals surface area contributed by atoms with Crippen LogP contribution in [-0.4, -0.2) is 13.6 Å². The molecule has 11 rings (SSSR count). The van der Waals surface area contributed by atoms with Gasteiger partial charge in [0.25, 0.3) is 0 Å². The Kier molecular flexibility index (Phi) is 6.22. The lowest BCUT2D eigenvalue weighted by Gasteiger charge is -2.50. The predicted octanol–water partition coefficient (Wildman–Crippen LogP) is 9.56. The topological polar surface area (TPSA) is 3.24 Å². The summed E-state index contributed by atoms with van der Waals surface area (Å²) in [6, 6.07) is 39.2. The van der Waals surface area contributed by atoms with Crippen molar-refractivity contribution in [2.75, 3.05) is 4.81 Å². The lowest BCUT2D eigenvalue weighted by atomic mass is 9.31. The first-order valence-corrected chi connectivity index (χ1v) is 20.2. The smallest absolute Gasteiger partial charge is 0.329 e. The van der Waals surface area contributed by atoms with Crippen LogP contribution in [-0.2, 0) is 5.41 Å². The summed E-state index contributed by atoms with van der Waals surface area (Å²) in [7, 11) is 0. The fourth-order valence-electron chi connectivity index (χ4n) is 10.4. The molecule has 0 saturated carbocycles. The van der Waals surface area contributed by atoms with Crippen LogP contribution < -0.4 is 32.1 Å². The highest BCUT2D eigenvalue weighted by Crippen LogP contribution is 2.53. The molecule has 0 unspecified atom stereocenters. The van der Waals surface area contributed by atoms with E-state index in [1.54, 1.807) is 0 Å². The molecule has 4 aliphatic heterocycles. The molecule has 6 aromatic carbocycles. The minimum atomic E-state index is -0.0257. The number of rotatable bonds is 3. The largest absolute Gasteiger partial charge is 0.377 e. The van der Waals surface area contributed by atoms with Crippen molar-refractivity contribution in [1.29, 1.82) is 0 Å². The van der Waals surface area contributed by atoms with Crippen LogP contribution >= 0.6 is 11.8 Å². The fraction of sp³-hybridized carbons (Fsp3) is 0.250. The summed E-state index contributed by atoms with van der Waals surface area (Å²) >= 11 is 2.00. The monoisotopic (exact) mass is 687 g/mol. The van der Waals surface area contributed by atoms with E-state index in [1.165, 1.54) is 110 Å². The zero-order valence-electron chi connectivity index (χ0n) is 31.5. The van der Waals surface area contributed by atoms with Gasteiger partial charge in [-0.1, -0.05) is 151 Å². The maximum absolute atomic E-state index is 2.82. The summed E-state index contributed by atoms with van der Waals surface area (Å²) in [5.74, 6) is 1.35. The Morgan fingerprint density at radius 1 is 0.500 bits per heavy atom. The van der Waals surface area contributed by atoms with E-state index in [-0.39, 0.29) is 19.0 Å². The maximum Gasteiger partial charge on any atom is 0.329 e. The standard InChI is InChI=1S/C48H43B2NS/c1-25(2)28-13-15-32-34-17-18-43-45-47(34)51-46-36(33-16-14-29(26(3)4)21-40(33)50(51)39(32)20-28)19-30(27(5)6)22-42(46)49(45)41-23-35-31-11-9-10-12-37(31)48(7,8)38(35)24-44(41)52-43/h9-27H,1-8H3. The molecule has 1 nitrogen and oxygen atoms in total. The van der Waals surface area contributed by atoms with Gasteiger partial charge in [0.2, 0.25) is 6.71 Å². The Balaban J connectivity index is 1.28. The summed E-state index contributed by atoms with van der Waals surface area (Å²) in [6.45, 7) is 19.2. The van der Waals surface area contributed by atoms with Gasteiger partial charge >= 0.3 is 6.85 Å². The molecule has 0 N–H and O–H groups in total. The first-order valence-electron chi connectivity index (χ1n) is 19.4. The molecule has 0 spiro atoms. The molecular weight excluding hydrogens is 644 g/mol. The van der Waals surface area contributed by atoms with Crippen LogP contribution in [0.4, 0.5) is 11.4 Å². The summed E-state index contributed by atoms with van der Waals surface area (Å²) in [5.41, 5.74) is 25.8. The minimum Gasteiger partial charge on any atom is -0.377 e.